The van der Waals surface area contributed by atoms with Crippen LogP contribution in [-0.4, -0.2) is 36.7 Å². The second-order valence-corrected chi connectivity index (χ2v) is 5.78. The van der Waals surface area contributed by atoms with Gasteiger partial charge in [0.25, 0.3) is 11.5 Å². The Bertz CT molecular complexity index is 1050. The van der Waals surface area contributed by atoms with Crippen LogP contribution in [0.3, 0.4) is 0 Å². The van der Waals surface area contributed by atoms with E-state index in [1.165, 1.54) is 11.6 Å². The highest BCUT2D eigenvalue weighted by Crippen LogP contribution is 2.06. The van der Waals surface area contributed by atoms with Crippen LogP contribution in [0.2, 0.25) is 0 Å². The lowest BCUT2D eigenvalue weighted by molar-refractivity contribution is 0.0916. The summed E-state index contributed by atoms with van der Waals surface area (Å²) >= 11 is 0. The number of aromatic nitrogens is 5. The second-order valence-electron chi connectivity index (χ2n) is 5.78. The van der Waals surface area contributed by atoms with Gasteiger partial charge in [0.1, 0.15) is 11.3 Å². The molecule has 2 N–H and O–H groups in total. The van der Waals surface area contributed by atoms with E-state index in [2.05, 4.69) is 20.4 Å². The van der Waals surface area contributed by atoms with Crippen molar-refractivity contribution in [1.29, 1.82) is 0 Å². The normalized spacial score (nSPS) is 11.2. The van der Waals surface area contributed by atoms with Gasteiger partial charge in [-0.15, -0.1) is 0 Å². The highest BCUT2D eigenvalue weighted by molar-refractivity contribution is 5.91. The number of fused-ring (bicyclic) bond motifs is 1. The first kappa shape index (κ1) is 16.7. The van der Waals surface area contributed by atoms with Crippen LogP contribution in [0, 0.1) is 6.92 Å². The zero-order valence-corrected chi connectivity index (χ0v) is 14.1. The molecule has 132 valence electrons. The number of carbonyl (C=O) groups is 1. The van der Waals surface area contributed by atoms with Gasteiger partial charge in [-0.2, -0.15) is 0 Å². The topological polar surface area (TPSA) is 128 Å². The summed E-state index contributed by atoms with van der Waals surface area (Å²) in [6, 6.07) is 1.56. The number of nitrogens with zero attached hydrogens (tertiary/aromatic N) is 4. The average Bonchev–Trinajstić information content (AvgIpc) is 3.21. The lowest BCUT2D eigenvalue weighted by atomic mass is 10.3. The number of amides is 1. The van der Waals surface area contributed by atoms with Crippen molar-refractivity contribution < 1.29 is 9.32 Å². The molecule has 0 saturated carbocycles. The lowest BCUT2D eigenvalue weighted by Gasteiger charge is -2.01. The summed E-state index contributed by atoms with van der Waals surface area (Å²) in [6.07, 6.45) is 1.12. The number of imidazole rings is 1. The van der Waals surface area contributed by atoms with E-state index in [1.807, 2.05) is 0 Å². The van der Waals surface area contributed by atoms with Crippen LogP contribution >= 0.6 is 0 Å². The Labute approximate surface area is 141 Å². The second kappa shape index (κ2) is 6.38. The SMILES string of the molecule is Cc1cc(C(=O)NCCCc2nc3c([nH]2)c(=O)n(C)c(=O)n3C)on1. The summed E-state index contributed by atoms with van der Waals surface area (Å²) in [6.45, 7) is 2.14. The summed E-state index contributed by atoms with van der Waals surface area (Å²) in [7, 11) is 2.99. The van der Waals surface area contributed by atoms with E-state index in [-0.39, 0.29) is 11.7 Å². The summed E-state index contributed by atoms with van der Waals surface area (Å²) in [5.41, 5.74) is 0.417. The largest absolute Gasteiger partial charge is 0.351 e. The molecule has 0 spiro atoms. The smallest absolute Gasteiger partial charge is 0.332 e. The monoisotopic (exact) mass is 346 g/mol. The molecule has 3 rings (SSSR count). The zero-order valence-electron chi connectivity index (χ0n) is 14.1. The summed E-state index contributed by atoms with van der Waals surface area (Å²) in [5.74, 6) is 0.416. The molecule has 0 saturated heterocycles. The van der Waals surface area contributed by atoms with Crippen molar-refractivity contribution in [2.45, 2.75) is 19.8 Å². The predicted octanol–water partition coefficient (Wildman–Crippen LogP) is -0.381. The number of hydrogen-bond acceptors (Lipinski definition) is 6. The van der Waals surface area contributed by atoms with E-state index < -0.39 is 11.2 Å². The van der Waals surface area contributed by atoms with E-state index in [0.717, 1.165) is 4.57 Å². The van der Waals surface area contributed by atoms with Gasteiger partial charge in [-0.25, -0.2) is 9.78 Å². The number of aromatic amines is 1. The van der Waals surface area contributed by atoms with Crippen LogP contribution in [0.15, 0.2) is 20.2 Å². The fraction of sp³-hybridized carbons (Fsp3) is 0.400. The minimum absolute atomic E-state index is 0.166. The maximum atomic E-state index is 12.1. The molecule has 0 fully saturated rings. The molecule has 0 aliphatic rings. The van der Waals surface area contributed by atoms with Crippen molar-refractivity contribution in [3.05, 3.63) is 44.2 Å². The Hall–Kier alpha value is -3.17. The molecule has 3 aromatic rings. The molecule has 25 heavy (non-hydrogen) atoms. The third-order valence-corrected chi connectivity index (χ3v) is 3.87. The molecule has 0 aliphatic carbocycles. The van der Waals surface area contributed by atoms with E-state index in [0.29, 0.717) is 42.1 Å². The molecule has 0 aliphatic heterocycles. The highest BCUT2D eigenvalue weighted by atomic mass is 16.5. The van der Waals surface area contributed by atoms with Crippen molar-refractivity contribution in [3.8, 4) is 0 Å². The number of aryl methyl sites for hydroxylation is 3. The Morgan fingerprint density at radius 2 is 2.08 bits per heavy atom. The maximum Gasteiger partial charge on any atom is 0.332 e. The van der Waals surface area contributed by atoms with E-state index in [1.54, 1.807) is 20.0 Å². The molecule has 1 amide bonds. The van der Waals surface area contributed by atoms with Gasteiger partial charge in [0.2, 0.25) is 5.76 Å². The van der Waals surface area contributed by atoms with Gasteiger partial charge >= 0.3 is 5.69 Å². The number of hydrogen-bond donors (Lipinski definition) is 2. The van der Waals surface area contributed by atoms with Crippen LogP contribution in [-0.2, 0) is 20.5 Å². The summed E-state index contributed by atoms with van der Waals surface area (Å²) in [5, 5.41) is 6.38. The molecule has 3 heterocycles. The van der Waals surface area contributed by atoms with E-state index in [9.17, 15) is 14.4 Å². The van der Waals surface area contributed by atoms with Gasteiger partial charge < -0.3 is 14.8 Å². The molecule has 10 nitrogen and oxygen atoms in total. The van der Waals surface area contributed by atoms with Crippen LogP contribution in [0.5, 0.6) is 0 Å². The van der Waals surface area contributed by atoms with Gasteiger partial charge in [-0.3, -0.25) is 18.7 Å². The first-order chi connectivity index (χ1) is 11.9. The predicted molar refractivity (Wildman–Crippen MR) is 88.5 cm³/mol. The van der Waals surface area contributed by atoms with Gasteiger partial charge in [-0.05, 0) is 13.3 Å². The maximum absolute atomic E-state index is 12.1. The van der Waals surface area contributed by atoms with Crippen LogP contribution < -0.4 is 16.6 Å². The first-order valence-electron chi connectivity index (χ1n) is 7.74. The van der Waals surface area contributed by atoms with Crippen molar-refractivity contribution >= 4 is 17.1 Å². The lowest BCUT2D eigenvalue weighted by Crippen LogP contribution is -2.36. The Balaban J connectivity index is 1.65. The molecular formula is C15H18N6O4. The molecule has 0 radical (unpaired) electrons. The van der Waals surface area contributed by atoms with Gasteiger partial charge in [0, 0.05) is 33.1 Å². The van der Waals surface area contributed by atoms with Crippen LogP contribution in [0.25, 0.3) is 11.2 Å². The summed E-state index contributed by atoms with van der Waals surface area (Å²) < 4.78 is 7.24. The van der Waals surface area contributed by atoms with Gasteiger partial charge in [0.15, 0.2) is 5.65 Å². The van der Waals surface area contributed by atoms with E-state index >= 15 is 0 Å². The standard InChI is InChI=1S/C15H18N6O4/c1-8-7-9(25-19-8)13(22)16-6-4-5-10-17-11-12(18-10)20(2)15(24)21(3)14(11)23/h7H,4-6H2,1-3H3,(H,16,22)(H,17,18). The average molecular weight is 346 g/mol. The molecule has 0 aromatic carbocycles. The number of carbonyl (C=O) groups excluding carboxylic acids is 1. The van der Waals surface area contributed by atoms with Gasteiger partial charge in [0.05, 0.1) is 5.69 Å². The third-order valence-electron chi connectivity index (χ3n) is 3.87. The summed E-state index contributed by atoms with van der Waals surface area (Å²) in [4.78, 5) is 43.1. The molecule has 10 heteroatoms. The minimum atomic E-state index is -0.426. The zero-order chi connectivity index (χ0) is 18.1. The van der Waals surface area contributed by atoms with Crippen molar-refractivity contribution in [2.24, 2.45) is 14.1 Å². The minimum Gasteiger partial charge on any atom is -0.351 e. The Morgan fingerprint density at radius 3 is 2.76 bits per heavy atom. The molecule has 0 atom stereocenters. The first-order valence-corrected chi connectivity index (χ1v) is 7.74. The number of H-pyrrole nitrogens is 1. The third kappa shape index (κ3) is 3.10. The van der Waals surface area contributed by atoms with Crippen molar-refractivity contribution in [1.82, 2.24) is 29.6 Å². The van der Waals surface area contributed by atoms with Gasteiger partial charge in [-0.1, -0.05) is 5.16 Å². The van der Waals surface area contributed by atoms with Crippen LogP contribution in [0.1, 0.15) is 28.5 Å². The number of nitrogens with one attached hydrogen (secondary N) is 2. The number of rotatable bonds is 5. The quantitative estimate of drug-likeness (QED) is 0.606. The molecular weight excluding hydrogens is 328 g/mol. The Morgan fingerprint density at radius 1 is 1.32 bits per heavy atom. The fourth-order valence-corrected chi connectivity index (χ4v) is 2.51. The van der Waals surface area contributed by atoms with Crippen LogP contribution in [0.4, 0.5) is 0 Å². The van der Waals surface area contributed by atoms with Crippen molar-refractivity contribution in [2.75, 3.05) is 6.54 Å². The highest BCUT2D eigenvalue weighted by Gasteiger charge is 2.14. The van der Waals surface area contributed by atoms with E-state index in [4.69, 9.17) is 4.52 Å². The molecule has 0 unspecified atom stereocenters. The molecule has 0 bridgehead atoms. The fourth-order valence-electron chi connectivity index (χ4n) is 2.51. The van der Waals surface area contributed by atoms with Crippen molar-refractivity contribution in [3.63, 3.8) is 0 Å². The molecule has 3 aromatic heterocycles. The Kier molecular flexibility index (Phi) is 4.26.